The molecule has 6 heteroatoms. The minimum absolute atomic E-state index is 0.0214. The minimum Gasteiger partial charge on any atom is -0.379 e. The molecule has 4 heterocycles. The highest BCUT2D eigenvalue weighted by Gasteiger charge is 2.49. The zero-order valence-corrected chi connectivity index (χ0v) is 13.1. The molecule has 0 aliphatic carbocycles. The standard InChI is InChI=1S/C17H22N2O4/c20-17(15-4-2-6-22-15)19-8-16(13-10-21-11-14(13)19)23-9-12-3-1-5-18-7-12/h1,3,5,7,13-16H,2,4,6,8-11H2/t13-,14+,15+,16-/m1/s1. The van der Waals surface area contributed by atoms with Gasteiger partial charge < -0.3 is 19.1 Å². The van der Waals surface area contributed by atoms with Crippen LogP contribution < -0.4 is 0 Å². The van der Waals surface area contributed by atoms with Crippen molar-refractivity contribution in [1.82, 2.24) is 9.88 Å². The number of hydrogen-bond acceptors (Lipinski definition) is 5. The molecule has 0 radical (unpaired) electrons. The molecule has 0 saturated carbocycles. The molecule has 0 aromatic carbocycles. The van der Waals surface area contributed by atoms with Crippen LogP contribution in [0.25, 0.3) is 0 Å². The van der Waals surface area contributed by atoms with Crippen molar-refractivity contribution in [1.29, 1.82) is 0 Å². The van der Waals surface area contributed by atoms with E-state index in [1.54, 1.807) is 6.20 Å². The van der Waals surface area contributed by atoms with E-state index in [0.717, 1.165) is 18.4 Å². The number of carbonyl (C=O) groups is 1. The lowest BCUT2D eigenvalue weighted by atomic mass is 10.0. The van der Waals surface area contributed by atoms with Gasteiger partial charge >= 0.3 is 0 Å². The van der Waals surface area contributed by atoms with E-state index in [-0.39, 0.29) is 30.1 Å². The Balaban J connectivity index is 1.41. The molecule has 3 saturated heterocycles. The van der Waals surface area contributed by atoms with E-state index in [4.69, 9.17) is 14.2 Å². The average molecular weight is 318 g/mol. The largest absolute Gasteiger partial charge is 0.379 e. The molecule has 1 aromatic rings. The molecule has 3 aliphatic heterocycles. The molecule has 124 valence electrons. The molecule has 0 unspecified atom stereocenters. The Bertz CT molecular complexity index is 547. The first-order valence-electron chi connectivity index (χ1n) is 8.33. The van der Waals surface area contributed by atoms with E-state index in [0.29, 0.717) is 33.0 Å². The van der Waals surface area contributed by atoms with Crippen molar-refractivity contribution < 1.29 is 19.0 Å². The monoisotopic (exact) mass is 318 g/mol. The number of carbonyl (C=O) groups excluding carboxylic acids is 1. The summed E-state index contributed by atoms with van der Waals surface area (Å²) in [5.74, 6) is 0.368. The summed E-state index contributed by atoms with van der Waals surface area (Å²) >= 11 is 0. The van der Waals surface area contributed by atoms with Gasteiger partial charge in [0.05, 0.1) is 32.0 Å². The lowest BCUT2D eigenvalue weighted by Gasteiger charge is -2.25. The van der Waals surface area contributed by atoms with Crippen LogP contribution in [0.5, 0.6) is 0 Å². The van der Waals surface area contributed by atoms with Crippen LogP contribution in [0.3, 0.4) is 0 Å². The van der Waals surface area contributed by atoms with Gasteiger partial charge in [0.15, 0.2) is 0 Å². The number of rotatable bonds is 4. The minimum atomic E-state index is -0.270. The van der Waals surface area contributed by atoms with Crippen LogP contribution in [0.1, 0.15) is 18.4 Å². The summed E-state index contributed by atoms with van der Waals surface area (Å²) in [4.78, 5) is 18.7. The van der Waals surface area contributed by atoms with E-state index in [1.807, 2.05) is 23.2 Å². The SMILES string of the molecule is O=C([C@@H]1CCCO1)N1C[C@@H](OCc2cccnc2)[C@@H]2COC[C@@H]21. The smallest absolute Gasteiger partial charge is 0.252 e. The molecule has 6 nitrogen and oxygen atoms in total. The zero-order valence-electron chi connectivity index (χ0n) is 13.1. The van der Waals surface area contributed by atoms with Crippen molar-refractivity contribution in [3.63, 3.8) is 0 Å². The van der Waals surface area contributed by atoms with Crippen molar-refractivity contribution in [2.45, 2.75) is 37.7 Å². The number of aromatic nitrogens is 1. The van der Waals surface area contributed by atoms with Gasteiger partial charge in [0, 0.05) is 31.5 Å². The third-order valence-corrected chi connectivity index (χ3v) is 5.02. The summed E-state index contributed by atoms with van der Waals surface area (Å²) in [5, 5.41) is 0. The van der Waals surface area contributed by atoms with Crippen LogP contribution in [0.2, 0.25) is 0 Å². The van der Waals surface area contributed by atoms with Crippen LogP contribution in [-0.2, 0) is 25.6 Å². The second-order valence-electron chi connectivity index (χ2n) is 6.47. The highest BCUT2D eigenvalue weighted by Crippen LogP contribution is 2.34. The van der Waals surface area contributed by atoms with Gasteiger partial charge in [0.2, 0.25) is 0 Å². The molecule has 23 heavy (non-hydrogen) atoms. The van der Waals surface area contributed by atoms with Crippen molar-refractivity contribution in [2.24, 2.45) is 5.92 Å². The molecular weight excluding hydrogens is 296 g/mol. The maximum Gasteiger partial charge on any atom is 0.252 e. The highest BCUT2D eigenvalue weighted by molar-refractivity contribution is 5.82. The fourth-order valence-corrected chi connectivity index (χ4v) is 3.77. The van der Waals surface area contributed by atoms with E-state index in [1.165, 1.54) is 0 Å². The molecule has 0 spiro atoms. The van der Waals surface area contributed by atoms with Gasteiger partial charge in [-0.1, -0.05) is 6.07 Å². The summed E-state index contributed by atoms with van der Waals surface area (Å²) in [7, 11) is 0. The number of fused-ring (bicyclic) bond motifs is 1. The molecule has 3 aliphatic rings. The van der Waals surface area contributed by atoms with Crippen molar-refractivity contribution in [3.8, 4) is 0 Å². The van der Waals surface area contributed by atoms with Gasteiger partial charge in [-0.05, 0) is 24.5 Å². The Hall–Kier alpha value is -1.50. The average Bonchev–Trinajstić information content (AvgIpc) is 3.31. The molecule has 3 fully saturated rings. The summed E-state index contributed by atoms with van der Waals surface area (Å²) in [5.41, 5.74) is 1.05. The summed E-state index contributed by atoms with van der Waals surface area (Å²) < 4.78 is 17.3. The third kappa shape index (κ3) is 2.98. The second-order valence-corrected chi connectivity index (χ2v) is 6.47. The Morgan fingerprint density at radius 3 is 3.17 bits per heavy atom. The first kappa shape index (κ1) is 15.1. The van der Waals surface area contributed by atoms with Crippen LogP contribution in [0.4, 0.5) is 0 Å². The molecule has 4 rings (SSSR count). The number of pyridine rings is 1. The number of ether oxygens (including phenoxy) is 3. The first-order valence-corrected chi connectivity index (χ1v) is 8.33. The Labute approximate surface area is 135 Å². The van der Waals surface area contributed by atoms with E-state index in [9.17, 15) is 4.79 Å². The van der Waals surface area contributed by atoms with E-state index in [2.05, 4.69) is 4.98 Å². The Morgan fingerprint density at radius 1 is 1.43 bits per heavy atom. The number of likely N-dealkylation sites (tertiary alicyclic amines) is 1. The highest BCUT2D eigenvalue weighted by atomic mass is 16.5. The van der Waals surface area contributed by atoms with Gasteiger partial charge in [0.1, 0.15) is 6.10 Å². The van der Waals surface area contributed by atoms with Gasteiger partial charge in [-0.2, -0.15) is 0 Å². The van der Waals surface area contributed by atoms with Crippen LogP contribution in [-0.4, -0.2) is 60.4 Å². The van der Waals surface area contributed by atoms with E-state index >= 15 is 0 Å². The van der Waals surface area contributed by atoms with Crippen molar-refractivity contribution in [2.75, 3.05) is 26.4 Å². The topological polar surface area (TPSA) is 60.9 Å². The number of amides is 1. The summed E-state index contributed by atoms with van der Waals surface area (Å²) in [6.45, 7) is 3.12. The molecular formula is C17H22N2O4. The summed E-state index contributed by atoms with van der Waals surface area (Å²) in [6.07, 6.45) is 5.11. The lowest BCUT2D eigenvalue weighted by Crippen LogP contribution is -2.43. The normalized spacial score (nSPS) is 33.1. The maximum absolute atomic E-state index is 12.7. The third-order valence-electron chi connectivity index (χ3n) is 5.02. The van der Waals surface area contributed by atoms with Gasteiger partial charge in [-0.3, -0.25) is 9.78 Å². The Kier molecular flexibility index (Phi) is 4.29. The van der Waals surface area contributed by atoms with Crippen LogP contribution in [0.15, 0.2) is 24.5 Å². The predicted octanol–water partition coefficient (Wildman–Crippen LogP) is 1.00. The molecule has 1 aromatic heterocycles. The molecule has 0 bridgehead atoms. The molecule has 1 amide bonds. The van der Waals surface area contributed by atoms with Gasteiger partial charge in [-0.15, -0.1) is 0 Å². The Morgan fingerprint density at radius 2 is 2.39 bits per heavy atom. The van der Waals surface area contributed by atoms with Crippen molar-refractivity contribution >= 4 is 5.91 Å². The molecule has 0 N–H and O–H groups in total. The van der Waals surface area contributed by atoms with Crippen molar-refractivity contribution in [3.05, 3.63) is 30.1 Å². The van der Waals surface area contributed by atoms with E-state index < -0.39 is 0 Å². The van der Waals surface area contributed by atoms with Crippen LogP contribution in [0, 0.1) is 5.92 Å². The molecule has 4 atom stereocenters. The quantitative estimate of drug-likeness (QED) is 0.829. The maximum atomic E-state index is 12.7. The number of hydrogen-bond donors (Lipinski definition) is 0. The predicted molar refractivity (Wildman–Crippen MR) is 81.6 cm³/mol. The fourth-order valence-electron chi connectivity index (χ4n) is 3.77. The van der Waals surface area contributed by atoms with Gasteiger partial charge in [-0.25, -0.2) is 0 Å². The second kappa shape index (κ2) is 6.55. The van der Waals surface area contributed by atoms with Crippen LogP contribution >= 0.6 is 0 Å². The summed E-state index contributed by atoms with van der Waals surface area (Å²) in [6, 6.07) is 4.03. The lowest BCUT2D eigenvalue weighted by molar-refractivity contribution is -0.142. The fraction of sp³-hybridized carbons (Fsp3) is 0.647. The first-order chi connectivity index (χ1) is 11.3. The van der Waals surface area contributed by atoms with Gasteiger partial charge in [0.25, 0.3) is 5.91 Å². The number of nitrogens with zero attached hydrogens (tertiary/aromatic N) is 2. The zero-order chi connectivity index (χ0) is 15.6.